The Kier molecular flexibility index (Phi) is 5.76. The van der Waals surface area contributed by atoms with E-state index in [9.17, 15) is 4.79 Å². The van der Waals surface area contributed by atoms with Gasteiger partial charge in [-0.3, -0.25) is 9.69 Å². The molecule has 94 valence electrons. The first-order valence-corrected chi connectivity index (χ1v) is 6.92. The van der Waals surface area contributed by atoms with Crippen LogP contribution in [-0.4, -0.2) is 41.9 Å². The van der Waals surface area contributed by atoms with E-state index < -0.39 is 0 Å². The average molecular weight is 292 g/mol. The largest absolute Gasteiger partial charge is 0.468 e. The highest BCUT2D eigenvalue weighted by Crippen LogP contribution is 2.28. The number of carbonyl (C=O) groups excluding carboxylic acids is 1. The second-order valence-corrected chi connectivity index (χ2v) is 6.00. The lowest BCUT2D eigenvalue weighted by molar-refractivity contribution is -0.140. The van der Waals surface area contributed by atoms with Gasteiger partial charge in [0, 0.05) is 12.6 Å². The molecule has 0 spiro atoms. The smallest absolute Gasteiger partial charge is 0.320 e. The molecule has 0 saturated heterocycles. The molecule has 16 heavy (non-hydrogen) atoms. The lowest BCUT2D eigenvalue weighted by atomic mass is 10.1. The number of methoxy groups -OCH3 is 1. The fourth-order valence-electron chi connectivity index (χ4n) is 1.69. The van der Waals surface area contributed by atoms with Crippen LogP contribution in [0.2, 0.25) is 0 Å². The molecule has 0 aromatic carbocycles. The van der Waals surface area contributed by atoms with Crippen LogP contribution in [0.5, 0.6) is 0 Å². The zero-order valence-electron chi connectivity index (χ0n) is 10.4. The maximum atomic E-state index is 11.3. The Morgan fingerprint density at radius 3 is 2.56 bits per heavy atom. The summed E-state index contributed by atoms with van der Waals surface area (Å²) in [6.07, 6.45) is 3.75. The summed E-state index contributed by atoms with van der Waals surface area (Å²) in [6.45, 7) is 6.32. The molecule has 1 aliphatic rings. The van der Waals surface area contributed by atoms with E-state index in [1.54, 1.807) is 0 Å². The van der Waals surface area contributed by atoms with Crippen LogP contribution in [-0.2, 0) is 9.53 Å². The van der Waals surface area contributed by atoms with Gasteiger partial charge in [0.25, 0.3) is 0 Å². The zero-order valence-corrected chi connectivity index (χ0v) is 12.0. The first-order valence-electron chi connectivity index (χ1n) is 6.00. The molecule has 1 atom stereocenters. The third-order valence-electron chi connectivity index (χ3n) is 2.91. The van der Waals surface area contributed by atoms with Gasteiger partial charge >= 0.3 is 5.97 Å². The predicted octanol–water partition coefficient (Wildman–Crippen LogP) is 2.43. The van der Waals surface area contributed by atoms with Gasteiger partial charge in [-0.25, -0.2) is 0 Å². The lowest BCUT2D eigenvalue weighted by Crippen LogP contribution is -2.36. The molecule has 0 amide bonds. The van der Waals surface area contributed by atoms with Gasteiger partial charge in [-0.2, -0.15) is 0 Å². The monoisotopic (exact) mass is 291 g/mol. The number of ether oxygens (including phenoxy) is 1. The summed E-state index contributed by atoms with van der Waals surface area (Å²) < 4.78 is 4.73. The van der Waals surface area contributed by atoms with Crippen LogP contribution in [0.4, 0.5) is 0 Å². The highest BCUT2D eigenvalue weighted by atomic mass is 79.9. The van der Waals surface area contributed by atoms with Crippen molar-refractivity contribution in [3.63, 3.8) is 0 Å². The molecule has 0 bridgehead atoms. The van der Waals surface area contributed by atoms with Crippen LogP contribution in [0.1, 0.15) is 33.1 Å². The summed E-state index contributed by atoms with van der Waals surface area (Å²) in [4.78, 5) is 13.6. The molecule has 4 heteroatoms. The number of hydrogen-bond donors (Lipinski definition) is 0. The molecule has 0 aliphatic heterocycles. The highest BCUT2D eigenvalue weighted by Gasteiger charge is 2.31. The van der Waals surface area contributed by atoms with Crippen molar-refractivity contribution in [1.29, 1.82) is 0 Å². The fraction of sp³-hybridized carbons (Fsp3) is 0.917. The molecular weight excluding hydrogens is 270 g/mol. The maximum Gasteiger partial charge on any atom is 0.320 e. The molecule has 1 fully saturated rings. The topological polar surface area (TPSA) is 29.5 Å². The van der Waals surface area contributed by atoms with Crippen molar-refractivity contribution in [2.75, 3.05) is 20.2 Å². The Morgan fingerprint density at radius 2 is 2.12 bits per heavy atom. The van der Waals surface area contributed by atoms with E-state index in [-0.39, 0.29) is 10.8 Å². The van der Waals surface area contributed by atoms with Gasteiger partial charge in [-0.15, -0.1) is 0 Å². The molecule has 0 aromatic heterocycles. The van der Waals surface area contributed by atoms with Crippen LogP contribution >= 0.6 is 15.9 Å². The molecule has 1 saturated carbocycles. The van der Waals surface area contributed by atoms with Gasteiger partial charge in [0.2, 0.25) is 0 Å². The van der Waals surface area contributed by atoms with Crippen molar-refractivity contribution in [2.24, 2.45) is 5.92 Å². The van der Waals surface area contributed by atoms with Gasteiger partial charge in [0.05, 0.1) is 7.11 Å². The van der Waals surface area contributed by atoms with E-state index in [1.165, 1.54) is 26.4 Å². The van der Waals surface area contributed by atoms with Gasteiger partial charge in [-0.1, -0.05) is 29.8 Å². The van der Waals surface area contributed by atoms with E-state index in [0.29, 0.717) is 12.0 Å². The normalized spacial score (nSPS) is 17.9. The molecule has 0 heterocycles. The first-order chi connectivity index (χ1) is 7.54. The summed E-state index contributed by atoms with van der Waals surface area (Å²) in [7, 11) is 1.44. The number of nitrogens with zero attached hydrogens (tertiary/aromatic N) is 1. The standard InChI is InChI=1S/C12H22BrNO2/c1-9(2)6-7-14(10-4-5-10)8-11(13)12(15)16-3/h9-11H,4-8H2,1-3H3. The van der Waals surface area contributed by atoms with E-state index in [2.05, 4.69) is 34.7 Å². The van der Waals surface area contributed by atoms with E-state index in [1.807, 2.05) is 0 Å². The van der Waals surface area contributed by atoms with E-state index >= 15 is 0 Å². The minimum Gasteiger partial charge on any atom is -0.468 e. The van der Waals surface area contributed by atoms with Crippen molar-refractivity contribution in [2.45, 2.75) is 44.0 Å². The molecule has 0 N–H and O–H groups in total. The Morgan fingerprint density at radius 1 is 1.50 bits per heavy atom. The predicted molar refractivity (Wildman–Crippen MR) is 68.8 cm³/mol. The third-order valence-corrected chi connectivity index (χ3v) is 3.57. The molecule has 1 aliphatic carbocycles. The summed E-state index contributed by atoms with van der Waals surface area (Å²) in [5.41, 5.74) is 0. The summed E-state index contributed by atoms with van der Waals surface area (Å²) >= 11 is 3.39. The Balaban J connectivity index is 2.35. The minimum absolute atomic E-state index is 0.171. The number of esters is 1. The Labute approximate surface area is 107 Å². The number of alkyl halides is 1. The fourth-order valence-corrected chi connectivity index (χ4v) is 2.25. The van der Waals surface area contributed by atoms with Crippen LogP contribution in [0.25, 0.3) is 0 Å². The van der Waals surface area contributed by atoms with Crippen LogP contribution in [0.15, 0.2) is 0 Å². The number of hydrogen-bond acceptors (Lipinski definition) is 3. The first kappa shape index (κ1) is 14.0. The number of halogens is 1. The Bertz CT molecular complexity index is 229. The molecule has 1 unspecified atom stereocenters. The highest BCUT2D eigenvalue weighted by molar-refractivity contribution is 9.10. The summed E-state index contributed by atoms with van der Waals surface area (Å²) in [5, 5.41) is 0. The van der Waals surface area contributed by atoms with Crippen molar-refractivity contribution in [3.8, 4) is 0 Å². The second kappa shape index (κ2) is 6.60. The maximum absolute atomic E-state index is 11.3. The molecule has 3 nitrogen and oxygen atoms in total. The molecule has 0 aromatic rings. The van der Waals surface area contributed by atoms with Gasteiger partial charge in [0.1, 0.15) is 4.83 Å². The minimum atomic E-state index is -0.190. The molecule has 0 radical (unpaired) electrons. The quantitative estimate of drug-likeness (QED) is 0.533. The lowest BCUT2D eigenvalue weighted by Gasteiger charge is -2.24. The summed E-state index contributed by atoms with van der Waals surface area (Å²) in [6, 6.07) is 0.698. The van der Waals surface area contributed by atoms with Gasteiger partial charge < -0.3 is 4.74 Å². The second-order valence-electron chi connectivity index (χ2n) is 4.90. The number of carbonyl (C=O) groups is 1. The average Bonchev–Trinajstić information content (AvgIpc) is 3.06. The Hall–Kier alpha value is -0.0900. The van der Waals surface area contributed by atoms with E-state index in [4.69, 9.17) is 4.74 Å². The van der Waals surface area contributed by atoms with Gasteiger partial charge in [0.15, 0.2) is 0 Å². The van der Waals surface area contributed by atoms with Crippen molar-refractivity contribution >= 4 is 21.9 Å². The van der Waals surface area contributed by atoms with Crippen molar-refractivity contribution in [1.82, 2.24) is 4.90 Å². The SMILES string of the molecule is COC(=O)C(Br)CN(CCC(C)C)C1CC1. The van der Waals surface area contributed by atoms with Crippen LogP contribution in [0, 0.1) is 5.92 Å². The molecular formula is C12H22BrNO2. The van der Waals surface area contributed by atoms with E-state index in [0.717, 1.165) is 13.1 Å². The van der Waals surface area contributed by atoms with Gasteiger partial charge in [-0.05, 0) is 31.7 Å². The molecule has 1 rings (SSSR count). The summed E-state index contributed by atoms with van der Waals surface area (Å²) in [5.74, 6) is 0.545. The van der Waals surface area contributed by atoms with Crippen molar-refractivity contribution < 1.29 is 9.53 Å². The number of rotatable bonds is 7. The van der Waals surface area contributed by atoms with Crippen molar-refractivity contribution in [3.05, 3.63) is 0 Å². The third kappa shape index (κ3) is 4.83. The van der Waals surface area contributed by atoms with Crippen LogP contribution < -0.4 is 0 Å². The zero-order chi connectivity index (χ0) is 12.1. The van der Waals surface area contributed by atoms with Crippen LogP contribution in [0.3, 0.4) is 0 Å².